The minimum Gasteiger partial charge on any atom is -0.423 e. The lowest BCUT2D eigenvalue weighted by molar-refractivity contribution is 0.0759. The molecule has 0 bridgehead atoms. The van der Waals surface area contributed by atoms with Crippen LogP contribution in [-0.4, -0.2) is 56.6 Å². The van der Waals surface area contributed by atoms with E-state index in [0.717, 1.165) is 23.2 Å². The van der Waals surface area contributed by atoms with Crippen molar-refractivity contribution in [3.05, 3.63) is 54.1 Å². The first-order valence-corrected chi connectivity index (χ1v) is 9.63. The van der Waals surface area contributed by atoms with Crippen molar-refractivity contribution in [1.82, 2.24) is 9.88 Å². The van der Waals surface area contributed by atoms with Crippen molar-refractivity contribution < 1.29 is 9.21 Å². The fraction of sp³-hybridized carbons (Fsp3) is 0.364. The maximum Gasteiger partial charge on any atom is 0.298 e. The van der Waals surface area contributed by atoms with Gasteiger partial charge in [-0.15, -0.1) is 0 Å². The Kier molecular flexibility index (Phi) is 6.19. The zero-order valence-electron chi connectivity index (χ0n) is 17.1. The smallest absolute Gasteiger partial charge is 0.298 e. The average molecular weight is 380 g/mol. The van der Waals surface area contributed by atoms with Gasteiger partial charge in [-0.1, -0.05) is 25.1 Å². The van der Waals surface area contributed by atoms with Gasteiger partial charge in [0.25, 0.3) is 11.9 Å². The van der Waals surface area contributed by atoms with E-state index in [0.29, 0.717) is 31.2 Å². The molecule has 2 aromatic carbocycles. The van der Waals surface area contributed by atoms with E-state index in [2.05, 4.69) is 11.9 Å². The predicted octanol–water partition coefficient (Wildman–Crippen LogP) is 3.88. The van der Waals surface area contributed by atoms with E-state index in [4.69, 9.17) is 4.42 Å². The molecular formula is C22H28N4O2. The largest absolute Gasteiger partial charge is 0.423 e. The lowest BCUT2D eigenvalue weighted by Gasteiger charge is -2.25. The zero-order chi connectivity index (χ0) is 20.1. The Labute approximate surface area is 166 Å². The van der Waals surface area contributed by atoms with Crippen molar-refractivity contribution in [2.24, 2.45) is 0 Å². The number of hydrogen-bond donors (Lipinski definition) is 0. The summed E-state index contributed by atoms with van der Waals surface area (Å²) in [5.74, 6) is 0.0523. The van der Waals surface area contributed by atoms with Crippen molar-refractivity contribution >= 4 is 28.7 Å². The molecule has 0 saturated heterocycles. The summed E-state index contributed by atoms with van der Waals surface area (Å²) >= 11 is 0. The molecule has 0 aliphatic rings. The topological polar surface area (TPSA) is 52.8 Å². The minimum atomic E-state index is 0.0523. The third-order valence-electron chi connectivity index (χ3n) is 4.70. The van der Waals surface area contributed by atoms with Gasteiger partial charge in [-0.25, -0.2) is 0 Å². The Bertz CT molecular complexity index is 902. The normalized spacial score (nSPS) is 10.9. The molecule has 3 rings (SSSR count). The molecule has 1 heterocycles. The van der Waals surface area contributed by atoms with Gasteiger partial charge >= 0.3 is 0 Å². The second-order valence-corrected chi connectivity index (χ2v) is 7.12. The second kappa shape index (κ2) is 8.78. The Morgan fingerprint density at radius 2 is 1.79 bits per heavy atom. The molecule has 0 unspecified atom stereocenters. The summed E-state index contributed by atoms with van der Waals surface area (Å²) in [6.45, 7) is 4.05. The van der Waals surface area contributed by atoms with Gasteiger partial charge in [-0.3, -0.25) is 4.79 Å². The standard InChI is InChI=1S/C22H28N4O2/c1-5-13-26(21(27)17-9-8-10-18(16-17)24(2)3)15-14-25(4)22-23-19-11-6-7-12-20(19)28-22/h6-12,16H,5,13-15H2,1-4H3. The summed E-state index contributed by atoms with van der Waals surface area (Å²) < 4.78 is 5.82. The molecule has 1 amide bonds. The van der Waals surface area contributed by atoms with Crippen molar-refractivity contribution in [3.63, 3.8) is 0 Å². The number of anilines is 2. The number of hydrogen-bond acceptors (Lipinski definition) is 5. The Morgan fingerprint density at radius 1 is 1.00 bits per heavy atom. The number of aromatic nitrogens is 1. The number of carbonyl (C=O) groups excluding carboxylic acids is 1. The highest BCUT2D eigenvalue weighted by Crippen LogP contribution is 2.21. The van der Waals surface area contributed by atoms with E-state index in [1.54, 1.807) is 0 Å². The number of amides is 1. The van der Waals surface area contributed by atoms with Gasteiger partial charge in [0.05, 0.1) is 0 Å². The van der Waals surface area contributed by atoms with E-state index in [9.17, 15) is 4.79 Å². The predicted molar refractivity (Wildman–Crippen MR) is 114 cm³/mol. The van der Waals surface area contributed by atoms with Crippen LogP contribution in [0.2, 0.25) is 0 Å². The Morgan fingerprint density at radius 3 is 2.50 bits per heavy atom. The van der Waals surface area contributed by atoms with Crippen LogP contribution in [0.1, 0.15) is 23.7 Å². The molecule has 0 spiro atoms. The molecule has 0 fully saturated rings. The first kappa shape index (κ1) is 19.7. The minimum absolute atomic E-state index is 0.0523. The SMILES string of the molecule is CCCN(CCN(C)c1nc2ccccc2o1)C(=O)c1cccc(N(C)C)c1. The van der Waals surface area contributed by atoms with Gasteiger partial charge in [0.2, 0.25) is 0 Å². The molecule has 6 heteroatoms. The zero-order valence-corrected chi connectivity index (χ0v) is 17.1. The molecule has 0 N–H and O–H groups in total. The number of para-hydroxylation sites is 2. The summed E-state index contributed by atoms with van der Waals surface area (Å²) in [7, 11) is 5.89. The molecule has 6 nitrogen and oxygen atoms in total. The molecule has 0 radical (unpaired) electrons. The third kappa shape index (κ3) is 4.44. The van der Waals surface area contributed by atoms with Crippen molar-refractivity contribution in [2.75, 3.05) is 50.6 Å². The summed E-state index contributed by atoms with van der Waals surface area (Å²) in [6, 6.07) is 16.0. The van der Waals surface area contributed by atoms with Crippen LogP contribution in [0.5, 0.6) is 0 Å². The maximum atomic E-state index is 13.0. The second-order valence-electron chi connectivity index (χ2n) is 7.12. The quantitative estimate of drug-likeness (QED) is 0.594. The van der Waals surface area contributed by atoms with Gasteiger partial charge in [0.1, 0.15) is 5.52 Å². The van der Waals surface area contributed by atoms with Crippen LogP contribution in [0.15, 0.2) is 52.9 Å². The molecule has 0 aliphatic carbocycles. The van der Waals surface area contributed by atoms with Gasteiger partial charge in [0.15, 0.2) is 5.58 Å². The van der Waals surface area contributed by atoms with Crippen LogP contribution < -0.4 is 9.80 Å². The fourth-order valence-corrected chi connectivity index (χ4v) is 3.07. The van der Waals surface area contributed by atoms with Crippen molar-refractivity contribution in [3.8, 4) is 0 Å². The molecule has 3 aromatic rings. The van der Waals surface area contributed by atoms with Crippen molar-refractivity contribution in [2.45, 2.75) is 13.3 Å². The van der Waals surface area contributed by atoms with E-state index < -0.39 is 0 Å². The molecule has 1 aromatic heterocycles. The number of rotatable bonds is 8. The summed E-state index contributed by atoms with van der Waals surface area (Å²) in [5.41, 5.74) is 3.34. The number of likely N-dealkylation sites (N-methyl/N-ethyl adjacent to an activating group) is 1. The fourth-order valence-electron chi connectivity index (χ4n) is 3.07. The monoisotopic (exact) mass is 380 g/mol. The van der Waals surface area contributed by atoms with Crippen LogP contribution in [-0.2, 0) is 0 Å². The maximum absolute atomic E-state index is 13.0. The first-order valence-electron chi connectivity index (χ1n) is 9.63. The van der Waals surface area contributed by atoms with E-state index in [1.165, 1.54) is 0 Å². The van der Waals surface area contributed by atoms with Crippen molar-refractivity contribution in [1.29, 1.82) is 0 Å². The number of oxazole rings is 1. The molecule has 0 aliphatic heterocycles. The summed E-state index contributed by atoms with van der Waals surface area (Å²) in [6.07, 6.45) is 0.908. The number of fused-ring (bicyclic) bond motifs is 1. The highest BCUT2D eigenvalue weighted by atomic mass is 16.4. The molecule has 0 atom stereocenters. The first-order chi connectivity index (χ1) is 13.5. The molecular weight excluding hydrogens is 352 g/mol. The highest BCUT2D eigenvalue weighted by Gasteiger charge is 2.18. The molecule has 0 saturated carbocycles. The van der Waals surface area contributed by atoms with Crippen LogP contribution in [0.3, 0.4) is 0 Å². The van der Waals surface area contributed by atoms with Crippen LogP contribution in [0, 0.1) is 0 Å². The number of nitrogens with zero attached hydrogens (tertiary/aromatic N) is 4. The summed E-state index contributed by atoms with van der Waals surface area (Å²) in [4.78, 5) is 23.4. The lowest BCUT2D eigenvalue weighted by atomic mass is 10.1. The van der Waals surface area contributed by atoms with E-state index >= 15 is 0 Å². The number of benzene rings is 2. The molecule has 148 valence electrons. The Balaban J connectivity index is 1.70. The Hall–Kier alpha value is -3.02. The van der Waals surface area contributed by atoms with Gasteiger partial charge < -0.3 is 19.1 Å². The van der Waals surface area contributed by atoms with Gasteiger partial charge in [-0.05, 0) is 36.8 Å². The van der Waals surface area contributed by atoms with Gasteiger partial charge in [-0.2, -0.15) is 4.98 Å². The van der Waals surface area contributed by atoms with E-state index in [1.807, 2.05) is 84.4 Å². The third-order valence-corrected chi connectivity index (χ3v) is 4.70. The average Bonchev–Trinajstić information content (AvgIpc) is 3.15. The lowest BCUT2D eigenvalue weighted by Crippen LogP contribution is -2.38. The van der Waals surface area contributed by atoms with E-state index in [-0.39, 0.29) is 5.91 Å². The van der Waals surface area contributed by atoms with Crippen LogP contribution in [0.4, 0.5) is 11.7 Å². The van der Waals surface area contributed by atoms with Gasteiger partial charge in [0, 0.05) is 52.0 Å². The number of carbonyl (C=O) groups is 1. The van der Waals surface area contributed by atoms with Crippen LogP contribution >= 0.6 is 0 Å². The van der Waals surface area contributed by atoms with Crippen LogP contribution in [0.25, 0.3) is 11.1 Å². The highest BCUT2D eigenvalue weighted by molar-refractivity contribution is 5.95. The summed E-state index contributed by atoms with van der Waals surface area (Å²) in [5, 5.41) is 0. The molecule has 28 heavy (non-hydrogen) atoms.